The fourth-order valence-electron chi connectivity index (χ4n) is 2.68. The zero-order chi connectivity index (χ0) is 13.8. The van der Waals surface area contributed by atoms with Gasteiger partial charge in [0.05, 0.1) is 0 Å². The van der Waals surface area contributed by atoms with Crippen molar-refractivity contribution >= 4 is 16.7 Å². The second kappa shape index (κ2) is 5.99. The normalized spacial score (nSPS) is 13.3. The van der Waals surface area contributed by atoms with Gasteiger partial charge in [-0.1, -0.05) is 6.92 Å². The number of nitriles is 2. The van der Waals surface area contributed by atoms with Crippen LogP contribution in [0.25, 0.3) is 4.91 Å². The summed E-state index contributed by atoms with van der Waals surface area (Å²) in [4.78, 5) is 4.29. The van der Waals surface area contributed by atoms with E-state index in [0.717, 1.165) is 34.8 Å². The van der Waals surface area contributed by atoms with E-state index in [1.807, 2.05) is 26.0 Å². The maximum Gasteiger partial charge on any atom is 0.143 e. The first-order chi connectivity index (χ1) is 9.22. The summed E-state index contributed by atoms with van der Waals surface area (Å²) in [5.74, 6) is 0.863. The number of rotatable bonds is 3. The Labute approximate surface area is 118 Å². The molecule has 0 atom stereocenters. The van der Waals surface area contributed by atoms with E-state index >= 15 is 0 Å². The largest absolute Gasteiger partial charge is 0.362 e. The molecule has 1 N–H and O–H groups in total. The maximum atomic E-state index is 9.16. The lowest BCUT2D eigenvalue weighted by Crippen LogP contribution is -2.02. The van der Waals surface area contributed by atoms with Crippen LogP contribution in [0.1, 0.15) is 42.3 Å². The van der Waals surface area contributed by atoms with Gasteiger partial charge in [-0.25, -0.2) is 0 Å². The summed E-state index contributed by atoms with van der Waals surface area (Å²) in [5, 5.41) is 18.3. The minimum absolute atomic E-state index is 0.238. The monoisotopic (exact) mass is 271 g/mol. The van der Waals surface area contributed by atoms with Crippen LogP contribution in [-0.2, 0) is 12.8 Å². The van der Waals surface area contributed by atoms with Crippen molar-refractivity contribution < 1.29 is 0 Å². The molecule has 2 rings (SSSR count). The van der Waals surface area contributed by atoms with Crippen LogP contribution in [-0.4, -0.2) is 10.7 Å². The van der Waals surface area contributed by atoms with Gasteiger partial charge in [0.15, 0.2) is 0 Å². The van der Waals surface area contributed by atoms with Crippen LogP contribution in [0.15, 0.2) is 5.57 Å². The smallest absolute Gasteiger partial charge is 0.143 e. The van der Waals surface area contributed by atoms with E-state index in [2.05, 4.69) is 4.98 Å². The van der Waals surface area contributed by atoms with Crippen LogP contribution in [0.5, 0.6) is 0 Å². The zero-order valence-electron chi connectivity index (χ0n) is 11.3. The highest BCUT2D eigenvalue weighted by atomic mass is 32.2. The number of aryl methyl sites for hydroxylation is 2. The quantitative estimate of drug-likeness (QED) is 0.852. The van der Waals surface area contributed by atoms with Gasteiger partial charge in [-0.3, -0.25) is 0 Å². The summed E-state index contributed by atoms with van der Waals surface area (Å²) in [7, 11) is 0. The Hall–Kier alpha value is -1.65. The molecule has 1 aliphatic rings. The second-order valence-electron chi connectivity index (χ2n) is 4.65. The van der Waals surface area contributed by atoms with Crippen molar-refractivity contribution in [2.24, 2.45) is 0 Å². The van der Waals surface area contributed by atoms with Crippen LogP contribution in [0.3, 0.4) is 0 Å². The number of allylic oxidation sites excluding steroid dienone is 1. The van der Waals surface area contributed by atoms with Gasteiger partial charge in [0.2, 0.25) is 0 Å². The number of aromatic nitrogens is 1. The number of hydrogen-bond acceptors (Lipinski definition) is 3. The van der Waals surface area contributed by atoms with Gasteiger partial charge in [0, 0.05) is 21.9 Å². The number of fused-ring (bicyclic) bond motifs is 1. The lowest BCUT2D eigenvalue weighted by atomic mass is 9.93. The van der Waals surface area contributed by atoms with E-state index in [4.69, 9.17) is 10.5 Å². The predicted octanol–water partition coefficient (Wildman–Crippen LogP) is 3.71. The molecule has 1 aliphatic carbocycles. The van der Waals surface area contributed by atoms with E-state index in [9.17, 15) is 0 Å². The van der Waals surface area contributed by atoms with Crippen molar-refractivity contribution in [1.82, 2.24) is 4.98 Å². The summed E-state index contributed by atoms with van der Waals surface area (Å²) < 4.78 is 0. The molecule has 0 unspecified atom stereocenters. The molecule has 3 nitrogen and oxygen atoms in total. The van der Waals surface area contributed by atoms with Gasteiger partial charge in [-0.05, 0) is 43.9 Å². The third-order valence-corrected chi connectivity index (χ3v) is 4.43. The third kappa shape index (κ3) is 2.55. The fourth-order valence-corrected chi connectivity index (χ4v) is 3.63. The first-order valence-corrected chi connectivity index (χ1v) is 7.59. The number of hydrogen-bond donors (Lipinski definition) is 1. The summed E-state index contributed by atoms with van der Waals surface area (Å²) in [5.41, 5.74) is 5.05. The molecule has 98 valence electrons. The van der Waals surface area contributed by atoms with Gasteiger partial charge in [-0.2, -0.15) is 10.5 Å². The number of thioether (sulfide) groups is 1. The van der Waals surface area contributed by atoms with E-state index in [1.54, 1.807) is 11.8 Å². The van der Waals surface area contributed by atoms with Crippen LogP contribution >= 0.6 is 11.8 Å². The van der Waals surface area contributed by atoms with Gasteiger partial charge in [0.1, 0.15) is 17.7 Å². The zero-order valence-corrected chi connectivity index (χ0v) is 12.2. The maximum absolute atomic E-state index is 9.16. The molecule has 0 saturated carbocycles. The van der Waals surface area contributed by atoms with Crippen molar-refractivity contribution in [3.8, 4) is 12.1 Å². The Morgan fingerprint density at radius 1 is 1.26 bits per heavy atom. The van der Waals surface area contributed by atoms with E-state index in [0.29, 0.717) is 0 Å². The Balaban J connectivity index is 2.62. The summed E-state index contributed by atoms with van der Waals surface area (Å²) in [6, 6.07) is 4.09. The molecule has 0 spiro atoms. The standard InChI is InChI=1S/C15H17N3S/c1-3-19-15(11(8-16)9-17)14-10(2)18-13-7-5-4-6-12(13)14/h18H,3-7H2,1-2H3. The number of nitrogens with zero attached hydrogens (tertiary/aromatic N) is 2. The molecule has 0 bridgehead atoms. The number of aromatic amines is 1. The Morgan fingerprint density at radius 2 is 1.95 bits per heavy atom. The Kier molecular flexibility index (Phi) is 4.35. The highest BCUT2D eigenvalue weighted by Crippen LogP contribution is 2.38. The Morgan fingerprint density at radius 3 is 2.58 bits per heavy atom. The molecule has 0 saturated heterocycles. The summed E-state index contributed by atoms with van der Waals surface area (Å²) in [6.45, 7) is 4.09. The number of nitrogens with one attached hydrogen (secondary N) is 1. The average Bonchev–Trinajstić information content (AvgIpc) is 2.75. The van der Waals surface area contributed by atoms with Crippen LogP contribution in [0.2, 0.25) is 0 Å². The van der Waals surface area contributed by atoms with Gasteiger partial charge < -0.3 is 4.98 Å². The second-order valence-corrected chi connectivity index (χ2v) is 5.92. The topological polar surface area (TPSA) is 63.4 Å². The van der Waals surface area contributed by atoms with Gasteiger partial charge in [-0.15, -0.1) is 11.8 Å². The molecule has 0 fully saturated rings. The van der Waals surface area contributed by atoms with Gasteiger partial charge in [0.25, 0.3) is 0 Å². The third-order valence-electron chi connectivity index (χ3n) is 3.45. The molecule has 1 aromatic rings. The van der Waals surface area contributed by atoms with E-state index in [-0.39, 0.29) is 5.57 Å². The first kappa shape index (κ1) is 13.8. The van der Waals surface area contributed by atoms with Crippen molar-refractivity contribution in [3.63, 3.8) is 0 Å². The molecule has 0 aromatic carbocycles. The molecule has 4 heteroatoms. The molecular formula is C15H17N3S. The highest BCUT2D eigenvalue weighted by molar-refractivity contribution is 8.08. The summed E-state index contributed by atoms with van der Waals surface area (Å²) in [6.07, 6.45) is 4.53. The lowest BCUT2D eigenvalue weighted by Gasteiger charge is -2.14. The van der Waals surface area contributed by atoms with Crippen molar-refractivity contribution in [1.29, 1.82) is 10.5 Å². The average molecular weight is 271 g/mol. The Bertz CT molecular complexity index is 580. The van der Waals surface area contributed by atoms with E-state index in [1.165, 1.54) is 24.1 Å². The molecular weight excluding hydrogens is 254 g/mol. The van der Waals surface area contributed by atoms with Crippen molar-refractivity contribution in [2.75, 3.05) is 5.75 Å². The summed E-state index contributed by atoms with van der Waals surface area (Å²) >= 11 is 1.59. The minimum atomic E-state index is 0.238. The van der Waals surface area contributed by atoms with E-state index < -0.39 is 0 Å². The first-order valence-electron chi connectivity index (χ1n) is 6.60. The minimum Gasteiger partial charge on any atom is -0.362 e. The van der Waals surface area contributed by atoms with Crippen molar-refractivity contribution in [3.05, 3.63) is 28.1 Å². The predicted molar refractivity (Wildman–Crippen MR) is 78.4 cm³/mol. The molecule has 0 aliphatic heterocycles. The van der Waals surface area contributed by atoms with Crippen LogP contribution in [0, 0.1) is 29.6 Å². The van der Waals surface area contributed by atoms with Crippen LogP contribution < -0.4 is 0 Å². The number of H-pyrrole nitrogens is 1. The molecule has 1 heterocycles. The SMILES string of the molecule is CCSC(=C(C#N)C#N)c1c(C)[nH]c2c1CCCC2. The molecule has 0 amide bonds. The molecule has 1 aromatic heterocycles. The van der Waals surface area contributed by atoms with Crippen LogP contribution in [0.4, 0.5) is 0 Å². The molecule has 19 heavy (non-hydrogen) atoms. The highest BCUT2D eigenvalue weighted by Gasteiger charge is 2.22. The molecule has 0 radical (unpaired) electrons. The van der Waals surface area contributed by atoms with Gasteiger partial charge >= 0.3 is 0 Å². The lowest BCUT2D eigenvalue weighted by molar-refractivity contribution is 0.676. The fraction of sp³-hybridized carbons (Fsp3) is 0.467. The van der Waals surface area contributed by atoms with Crippen molar-refractivity contribution in [2.45, 2.75) is 39.5 Å².